The highest BCUT2D eigenvalue weighted by Gasteiger charge is 2.22. The molecule has 0 atom stereocenters. The monoisotopic (exact) mass is 471 g/mol. The number of hydrogen-bond donors (Lipinski definition) is 1. The van der Waals surface area contributed by atoms with Crippen molar-refractivity contribution in [3.63, 3.8) is 0 Å². The van der Waals surface area contributed by atoms with Crippen LogP contribution in [0.4, 0.5) is 5.69 Å². The molecule has 0 saturated carbocycles. The lowest BCUT2D eigenvalue weighted by Crippen LogP contribution is -2.16. The zero-order valence-electron chi connectivity index (χ0n) is 20.8. The zero-order chi connectivity index (χ0) is 25.2. The van der Waals surface area contributed by atoms with Gasteiger partial charge in [0.1, 0.15) is 17.2 Å². The van der Waals surface area contributed by atoms with Crippen molar-refractivity contribution in [3.05, 3.63) is 77.7 Å². The van der Waals surface area contributed by atoms with Crippen molar-refractivity contribution in [2.24, 2.45) is 0 Å². The quantitative estimate of drug-likeness (QED) is 0.415. The fraction of sp³-hybridized carbons (Fsp3) is 0.259. The van der Waals surface area contributed by atoms with Crippen molar-refractivity contribution in [3.8, 4) is 28.4 Å². The van der Waals surface area contributed by atoms with Crippen LogP contribution < -0.4 is 14.8 Å². The number of rotatable bonds is 6. The largest absolute Gasteiger partial charge is 0.497 e. The lowest BCUT2D eigenvalue weighted by molar-refractivity contribution is 0.102. The first-order valence-electron chi connectivity index (χ1n) is 11.2. The Balaban J connectivity index is 1.69. The molecule has 4 rings (SSSR count). The van der Waals surface area contributed by atoms with Gasteiger partial charge in [-0.1, -0.05) is 32.1 Å². The third-order valence-electron chi connectivity index (χ3n) is 5.74. The van der Waals surface area contributed by atoms with Gasteiger partial charge in [0.25, 0.3) is 5.91 Å². The number of pyridine rings is 1. The summed E-state index contributed by atoms with van der Waals surface area (Å²) >= 11 is 0. The molecule has 35 heavy (non-hydrogen) atoms. The lowest BCUT2D eigenvalue weighted by Gasteiger charge is -2.21. The minimum absolute atomic E-state index is 0.119. The molecule has 8 heteroatoms. The molecule has 0 radical (unpaired) electrons. The molecule has 0 aliphatic carbocycles. The van der Waals surface area contributed by atoms with E-state index in [0.29, 0.717) is 28.6 Å². The van der Waals surface area contributed by atoms with Crippen molar-refractivity contribution in [2.45, 2.75) is 33.1 Å². The van der Waals surface area contributed by atoms with Gasteiger partial charge in [-0.05, 0) is 60.4 Å². The zero-order valence-corrected chi connectivity index (χ0v) is 20.8. The maximum Gasteiger partial charge on any atom is 0.278 e. The van der Waals surface area contributed by atoms with Crippen LogP contribution in [0.5, 0.6) is 11.5 Å². The van der Waals surface area contributed by atoms with E-state index in [4.69, 9.17) is 9.47 Å². The van der Waals surface area contributed by atoms with Crippen LogP contribution in [0.2, 0.25) is 0 Å². The fourth-order valence-corrected chi connectivity index (χ4v) is 3.73. The van der Waals surface area contributed by atoms with Gasteiger partial charge < -0.3 is 14.8 Å². The Morgan fingerprint density at radius 1 is 1.00 bits per heavy atom. The first kappa shape index (κ1) is 23.9. The van der Waals surface area contributed by atoms with Crippen molar-refractivity contribution in [2.75, 3.05) is 19.5 Å². The highest BCUT2D eigenvalue weighted by molar-refractivity contribution is 6.04. The predicted molar refractivity (Wildman–Crippen MR) is 136 cm³/mol. The van der Waals surface area contributed by atoms with Crippen LogP contribution in [0.15, 0.2) is 60.8 Å². The molecule has 0 unspecified atom stereocenters. The molecule has 1 N–H and O–H groups in total. The van der Waals surface area contributed by atoms with Crippen LogP contribution in [0.1, 0.15) is 42.5 Å². The van der Waals surface area contributed by atoms with Crippen molar-refractivity contribution < 1.29 is 14.3 Å². The van der Waals surface area contributed by atoms with E-state index >= 15 is 0 Å². The van der Waals surface area contributed by atoms with Crippen LogP contribution in [0.3, 0.4) is 0 Å². The highest BCUT2D eigenvalue weighted by Crippen LogP contribution is 2.31. The summed E-state index contributed by atoms with van der Waals surface area (Å²) in [5.74, 6) is 0.875. The third kappa shape index (κ3) is 5.01. The van der Waals surface area contributed by atoms with E-state index in [2.05, 4.69) is 47.5 Å². The van der Waals surface area contributed by atoms with E-state index in [-0.39, 0.29) is 17.0 Å². The molecule has 0 fully saturated rings. The van der Waals surface area contributed by atoms with Gasteiger partial charge >= 0.3 is 0 Å². The van der Waals surface area contributed by atoms with E-state index in [0.717, 1.165) is 16.8 Å². The normalized spacial score (nSPS) is 11.3. The fourth-order valence-electron chi connectivity index (χ4n) is 3.73. The van der Waals surface area contributed by atoms with Crippen molar-refractivity contribution >= 4 is 11.6 Å². The maximum absolute atomic E-state index is 13.3. The SMILES string of the molecule is COc1ccc(OC)c(-n2nnc(C(=O)Nc3cc(-c4ccccn4)cc(C(C)(C)C)c3)c2C)c1. The molecule has 180 valence electrons. The van der Waals surface area contributed by atoms with Gasteiger partial charge in [0.05, 0.1) is 25.6 Å². The number of nitrogens with one attached hydrogen (secondary N) is 1. The molecule has 0 aliphatic heterocycles. The van der Waals surface area contributed by atoms with E-state index in [1.165, 1.54) is 0 Å². The topological polar surface area (TPSA) is 91.2 Å². The Labute approximate surface area is 204 Å². The van der Waals surface area contributed by atoms with E-state index in [1.54, 1.807) is 50.2 Å². The summed E-state index contributed by atoms with van der Waals surface area (Å²) in [6.45, 7) is 8.19. The molecule has 1 amide bonds. The Morgan fingerprint density at radius 2 is 1.80 bits per heavy atom. The van der Waals surface area contributed by atoms with Gasteiger partial charge in [0.2, 0.25) is 0 Å². The van der Waals surface area contributed by atoms with Crippen molar-refractivity contribution in [1.29, 1.82) is 0 Å². The number of carbonyl (C=O) groups excluding carboxylic acids is 1. The number of hydrogen-bond acceptors (Lipinski definition) is 6. The number of aromatic nitrogens is 4. The smallest absolute Gasteiger partial charge is 0.278 e. The van der Waals surface area contributed by atoms with Crippen LogP contribution in [0.25, 0.3) is 16.9 Å². The first-order chi connectivity index (χ1) is 16.7. The molecular formula is C27H29N5O3. The standard InChI is InChI=1S/C27H29N5O3/c1-17-25(30-31-32(17)23-16-21(34-5)10-11-24(23)35-6)26(33)29-20-14-18(22-9-7-8-12-28-22)13-19(15-20)27(2,3)4/h7-16H,1-6H3,(H,29,33). The summed E-state index contributed by atoms with van der Waals surface area (Å²) in [5.41, 5.74) is 4.81. The Bertz CT molecular complexity index is 1360. The second-order valence-corrected chi connectivity index (χ2v) is 9.19. The van der Waals surface area contributed by atoms with Gasteiger partial charge in [-0.2, -0.15) is 0 Å². The number of methoxy groups -OCH3 is 2. The summed E-state index contributed by atoms with van der Waals surface area (Å²) in [5, 5.41) is 11.4. The Kier molecular flexibility index (Phi) is 6.55. The molecule has 4 aromatic rings. The lowest BCUT2D eigenvalue weighted by atomic mass is 9.85. The van der Waals surface area contributed by atoms with E-state index in [9.17, 15) is 4.79 Å². The van der Waals surface area contributed by atoms with Crippen LogP contribution in [-0.2, 0) is 5.41 Å². The van der Waals surface area contributed by atoms with Gasteiger partial charge in [-0.25, -0.2) is 4.68 Å². The Hall–Kier alpha value is -4.20. The van der Waals surface area contributed by atoms with E-state index in [1.807, 2.05) is 30.3 Å². The van der Waals surface area contributed by atoms with Crippen LogP contribution in [-0.4, -0.2) is 40.1 Å². The van der Waals surface area contributed by atoms with Gasteiger partial charge in [0, 0.05) is 23.5 Å². The maximum atomic E-state index is 13.3. The minimum Gasteiger partial charge on any atom is -0.497 e. The molecule has 2 aromatic heterocycles. The number of benzene rings is 2. The molecule has 0 saturated heterocycles. The van der Waals surface area contributed by atoms with Gasteiger partial charge in [-0.15, -0.1) is 5.10 Å². The third-order valence-corrected chi connectivity index (χ3v) is 5.74. The molecule has 0 aliphatic rings. The second kappa shape index (κ2) is 9.58. The summed E-state index contributed by atoms with van der Waals surface area (Å²) in [6.07, 6.45) is 1.76. The summed E-state index contributed by atoms with van der Waals surface area (Å²) in [4.78, 5) is 17.7. The molecule has 2 aromatic carbocycles. The van der Waals surface area contributed by atoms with Gasteiger partial charge in [-0.3, -0.25) is 9.78 Å². The summed E-state index contributed by atoms with van der Waals surface area (Å²) < 4.78 is 12.4. The predicted octanol–water partition coefficient (Wildman–Crippen LogP) is 5.20. The summed E-state index contributed by atoms with van der Waals surface area (Å²) in [6, 6.07) is 17.1. The minimum atomic E-state index is -0.353. The number of carbonyl (C=O) groups is 1. The molecule has 2 heterocycles. The molecule has 0 spiro atoms. The van der Waals surface area contributed by atoms with Gasteiger partial charge in [0.15, 0.2) is 5.69 Å². The average Bonchev–Trinajstić information content (AvgIpc) is 3.24. The summed E-state index contributed by atoms with van der Waals surface area (Å²) in [7, 11) is 3.16. The number of nitrogens with zero attached hydrogens (tertiary/aromatic N) is 4. The van der Waals surface area contributed by atoms with Crippen molar-refractivity contribution in [1.82, 2.24) is 20.0 Å². The molecule has 0 bridgehead atoms. The molecule has 8 nitrogen and oxygen atoms in total. The van der Waals surface area contributed by atoms with Crippen LogP contribution >= 0.6 is 0 Å². The second-order valence-electron chi connectivity index (χ2n) is 9.19. The molecular weight excluding hydrogens is 442 g/mol. The van der Waals surface area contributed by atoms with Crippen LogP contribution in [0, 0.1) is 6.92 Å². The number of ether oxygens (including phenoxy) is 2. The first-order valence-corrected chi connectivity index (χ1v) is 11.2. The highest BCUT2D eigenvalue weighted by atomic mass is 16.5. The number of amides is 1. The Morgan fingerprint density at radius 3 is 2.46 bits per heavy atom. The average molecular weight is 472 g/mol. The number of anilines is 1. The van der Waals surface area contributed by atoms with E-state index < -0.39 is 0 Å².